The lowest BCUT2D eigenvalue weighted by Crippen LogP contribution is -2.49. The van der Waals surface area contributed by atoms with E-state index in [0.29, 0.717) is 17.4 Å². The van der Waals surface area contributed by atoms with E-state index in [4.69, 9.17) is 27.2 Å². The number of hydrogen-bond acceptors (Lipinski definition) is 4. The number of unbranched alkanes of at least 4 members (excludes halogenated alkanes) is 4. The minimum absolute atomic E-state index is 0.143. The van der Waals surface area contributed by atoms with Crippen LogP contribution < -0.4 is 10.5 Å². The van der Waals surface area contributed by atoms with E-state index in [0.717, 1.165) is 18.4 Å². The third-order valence-electron chi connectivity index (χ3n) is 3.83. The molecule has 1 atom stereocenters. The van der Waals surface area contributed by atoms with Crippen molar-refractivity contribution in [1.82, 2.24) is 0 Å². The molecule has 0 heterocycles. The van der Waals surface area contributed by atoms with Crippen LogP contribution in [0, 0.1) is 0 Å². The Morgan fingerprint density at radius 3 is 2.61 bits per heavy atom. The average Bonchev–Trinajstić information content (AvgIpc) is 2.52. The van der Waals surface area contributed by atoms with Crippen molar-refractivity contribution in [3.8, 4) is 5.75 Å². The summed E-state index contributed by atoms with van der Waals surface area (Å²) >= 11 is 6.21. The van der Waals surface area contributed by atoms with Crippen LogP contribution in [0.3, 0.4) is 0 Å². The van der Waals surface area contributed by atoms with E-state index in [9.17, 15) is 4.79 Å². The summed E-state index contributed by atoms with van der Waals surface area (Å²) < 4.78 is 5.68. The van der Waals surface area contributed by atoms with Gasteiger partial charge >= 0.3 is 0 Å². The molecule has 1 rings (SSSR count). The molecule has 0 aliphatic carbocycles. The molecule has 0 bridgehead atoms. The Hall–Kier alpha value is -1.10. The van der Waals surface area contributed by atoms with Crippen LogP contribution >= 0.6 is 11.6 Å². The predicted octanol–water partition coefficient (Wildman–Crippen LogP) is 3.51. The highest BCUT2D eigenvalue weighted by Crippen LogP contribution is 2.26. The average molecular weight is 342 g/mol. The number of ketones is 1. The zero-order valence-electron chi connectivity index (χ0n) is 14.1. The predicted molar refractivity (Wildman–Crippen MR) is 94.1 cm³/mol. The van der Waals surface area contributed by atoms with Gasteiger partial charge in [-0.25, -0.2) is 0 Å². The Balaban J connectivity index is 2.50. The summed E-state index contributed by atoms with van der Waals surface area (Å²) in [6, 6.07) is 5.31. The van der Waals surface area contributed by atoms with Gasteiger partial charge in [-0.3, -0.25) is 4.79 Å². The van der Waals surface area contributed by atoms with E-state index in [2.05, 4.69) is 6.92 Å². The summed E-state index contributed by atoms with van der Waals surface area (Å²) in [7, 11) is 0. The molecule has 0 unspecified atom stereocenters. The molecule has 0 spiro atoms. The standard InChI is InChI=1S/C18H28ClNO3/c1-3-4-5-6-7-10-23-16-9-8-14(11-15(16)19)12-17(22)18(2,20)13-21/h8-9,11,21H,3-7,10,12-13,20H2,1-2H3/t18-/m0/s1. The van der Waals surface area contributed by atoms with Crippen LogP contribution in [0.15, 0.2) is 18.2 Å². The first kappa shape index (κ1) is 19.9. The molecule has 130 valence electrons. The zero-order chi connectivity index (χ0) is 17.3. The monoisotopic (exact) mass is 341 g/mol. The lowest BCUT2D eigenvalue weighted by molar-refractivity contribution is -0.124. The highest BCUT2D eigenvalue weighted by atomic mass is 35.5. The number of hydrogen-bond donors (Lipinski definition) is 2. The number of benzene rings is 1. The van der Waals surface area contributed by atoms with Gasteiger partial charge in [0.05, 0.1) is 23.8 Å². The van der Waals surface area contributed by atoms with Crippen molar-refractivity contribution >= 4 is 17.4 Å². The summed E-state index contributed by atoms with van der Waals surface area (Å²) in [5.41, 5.74) is 5.28. The minimum atomic E-state index is -1.22. The number of carbonyl (C=O) groups is 1. The van der Waals surface area contributed by atoms with Gasteiger partial charge in [-0.05, 0) is 31.0 Å². The highest BCUT2D eigenvalue weighted by molar-refractivity contribution is 6.32. The molecule has 1 aromatic carbocycles. The van der Waals surface area contributed by atoms with E-state index < -0.39 is 5.54 Å². The molecule has 0 fully saturated rings. The van der Waals surface area contributed by atoms with Gasteiger partial charge in [-0.1, -0.05) is 50.3 Å². The lowest BCUT2D eigenvalue weighted by atomic mass is 9.93. The number of carbonyl (C=O) groups excluding carboxylic acids is 1. The summed E-state index contributed by atoms with van der Waals surface area (Å²) in [5.74, 6) is 0.414. The van der Waals surface area contributed by atoms with E-state index >= 15 is 0 Å². The maximum atomic E-state index is 12.0. The molecule has 0 aliphatic heterocycles. The van der Waals surface area contributed by atoms with Gasteiger partial charge in [-0.15, -0.1) is 0 Å². The number of ether oxygens (including phenoxy) is 1. The molecule has 0 radical (unpaired) electrons. The number of Topliss-reactive ketones (excluding diaryl/α,β-unsaturated/α-hetero) is 1. The van der Waals surface area contributed by atoms with Crippen LogP contribution in [0.5, 0.6) is 5.75 Å². The maximum absolute atomic E-state index is 12.0. The molecule has 0 saturated carbocycles. The van der Waals surface area contributed by atoms with Gasteiger partial charge in [0, 0.05) is 6.42 Å². The first-order valence-corrected chi connectivity index (χ1v) is 8.62. The molecule has 23 heavy (non-hydrogen) atoms. The summed E-state index contributed by atoms with van der Waals surface area (Å²) in [5, 5.41) is 9.62. The van der Waals surface area contributed by atoms with Crippen molar-refractivity contribution in [3.63, 3.8) is 0 Å². The second kappa shape index (κ2) is 9.91. The number of aliphatic hydroxyl groups excluding tert-OH is 1. The maximum Gasteiger partial charge on any atom is 0.159 e. The fraction of sp³-hybridized carbons (Fsp3) is 0.611. The van der Waals surface area contributed by atoms with E-state index in [-0.39, 0.29) is 18.8 Å². The normalized spacial score (nSPS) is 13.6. The van der Waals surface area contributed by atoms with Gasteiger partial charge in [-0.2, -0.15) is 0 Å². The van der Waals surface area contributed by atoms with E-state index in [1.807, 2.05) is 6.07 Å². The Labute approximate surface area is 144 Å². The van der Waals surface area contributed by atoms with Gasteiger partial charge in [0.15, 0.2) is 5.78 Å². The summed E-state index contributed by atoms with van der Waals surface area (Å²) in [6.07, 6.45) is 6.04. The first-order valence-electron chi connectivity index (χ1n) is 8.25. The van der Waals surface area contributed by atoms with Crippen LogP contribution in [0.4, 0.5) is 0 Å². The smallest absolute Gasteiger partial charge is 0.159 e. The quantitative estimate of drug-likeness (QED) is 0.604. The van der Waals surface area contributed by atoms with E-state index in [1.165, 1.54) is 26.2 Å². The van der Waals surface area contributed by atoms with Crippen molar-refractivity contribution in [1.29, 1.82) is 0 Å². The van der Waals surface area contributed by atoms with Gasteiger partial charge in [0.1, 0.15) is 5.75 Å². The van der Waals surface area contributed by atoms with Crippen LogP contribution in [0.25, 0.3) is 0 Å². The third kappa shape index (κ3) is 6.90. The Morgan fingerprint density at radius 2 is 2.00 bits per heavy atom. The highest BCUT2D eigenvalue weighted by Gasteiger charge is 2.27. The Kier molecular flexibility index (Phi) is 8.59. The second-order valence-electron chi connectivity index (χ2n) is 6.20. The van der Waals surface area contributed by atoms with Crippen molar-refractivity contribution in [2.45, 2.75) is 57.9 Å². The van der Waals surface area contributed by atoms with Crippen LogP contribution in [0.2, 0.25) is 5.02 Å². The molecule has 0 aromatic heterocycles. The van der Waals surface area contributed by atoms with E-state index in [1.54, 1.807) is 12.1 Å². The molecule has 0 aliphatic rings. The number of halogens is 1. The molecule has 0 amide bonds. The van der Waals surface area contributed by atoms with Crippen molar-refractivity contribution in [2.75, 3.05) is 13.2 Å². The molecule has 4 nitrogen and oxygen atoms in total. The number of nitrogens with two attached hydrogens (primary N) is 1. The van der Waals surface area contributed by atoms with Gasteiger partial charge in [0.2, 0.25) is 0 Å². The first-order chi connectivity index (χ1) is 10.9. The Morgan fingerprint density at radius 1 is 1.30 bits per heavy atom. The third-order valence-corrected chi connectivity index (χ3v) is 4.13. The SMILES string of the molecule is CCCCCCCOc1ccc(CC(=O)[C@@](C)(N)CO)cc1Cl. The largest absolute Gasteiger partial charge is 0.492 e. The molecule has 0 saturated heterocycles. The zero-order valence-corrected chi connectivity index (χ0v) is 14.9. The minimum Gasteiger partial charge on any atom is -0.492 e. The van der Waals surface area contributed by atoms with Crippen LogP contribution in [-0.4, -0.2) is 29.6 Å². The van der Waals surface area contributed by atoms with Gasteiger partial charge < -0.3 is 15.6 Å². The molecular formula is C18H28ClNO3. The van der Waals surface area contributed by atoms with Gasteiger partial charge in [0.25, 0.3) is 0 Å². The fourth-order valence-corrected chi connectivity index (χ4v) is 2.39. The molecule has 3 N–H and O–H groups in total. The second-order valence-corrected chi connectivity index (χ2v) is 6.61. The number of aliphatic hydroxyl groups is 1. The number of rotatable bonds is 11. The van der Waals surface area contributed by atoms with Crippen molar-refractivity contribution in [3.05, 3.63) is 28.8 Å². The molecule has 1 aromatic rings. The van der Waals surface area contributed by atoms with Crippen molar-refractivity contribution in [2.24, 2.45) is 5.73 Å². The summed E-state index contributed by atoms with van der Waals surface area (Å²) in [4.78, 5) is 12.0. The fourth-order valence-electron chi connectivity index (χ4n) is 2.13. The lowest BCUT2D eigenvalue weighted by Gasteiger charge is -2.20. The van der Waals surface area contributed by atoms with Crippen LogP contribution in [-0.2, 0) is 11.2 Å². The topological polar surface area (TPSA) is 72.5 Å². The Bertz CT molecular complexity index is 503. The molecule has 5 heteroatoms. The molecular weight excluding hydrogens is 314 g/mol. The summed E-state index contributed by atoms with van der Waals surface area (Å²) in [6.45, 7) is 3.98. The van der Waals surface area contributed by atoms with Crippen LogP contribution in [0.1, 0.15) is 51.5 Å². The van der Waals surface area contributed by atoms with Crippen molar-refractivity contribution < 1.29 is 14.6 Å².